The smallest absolute Gasteiger partial charge is 0.238 e. The summed E-state index contributed by atoms with van der Waals surface area (Å²) in [5.41, 5.74) is 2.37. The third-order valence-electron chi connectivity index (χ3n) is 4.68. The Morgan fingerprint density at radius 1 is 1.30 bits per heavy atom. The van der Waals surface area contributed by atoms with Crippen molar-refractivity contribution in [1.82, 2.24) is 5.16 Å². The van der Waals surface area contributed by atoms with Crippen LogP contribution in [0.2, 0.25) is 0 Å². The van der Waals surface area contributed by atoms with Gasteiger partial charge in [0, 0.05) is 36.3 Å². The number of hydrogen-bond donors (Lipinski definition) is 1. The number of carbonyl (C=O) groups is 1. The molecule has 0 saturated carbocycles. The zero-order chi connectivity index (χ0) is 20.0. The summed E-state index contributed by atoms with van der Waals surface area (Å²) >= 11 is 0. The first-order valence-corrected chi connectivity index (χ1v) is 10.5. The monoisotopic (exact) mass is 391 g/mol. The Balaban J connectivity index is 1.79. The van der Waals surface area contributed by atoms with Crippen LogP contribution in [0.3, 0.4) is 0 Å². The minimum Gasteiger partial charge on any atom is -0.361 e. The number of sulfonamides is 1. The fourth-order valence-electron chi connectivity index (χ4n) is 3.10. The Kier molecular flexibility index (Phi) is 4.80. The summed E-state index contributed by atoms with van der Waals surface area (Å²) in [6, 6.07) is 6.91. The number of nitrogens with zero attached hydrogens (tertiary/aromatic N) is 2. The van der Waals surface area contributed by atoms with Crippen molar-refractivity contribution in [1.29, 1.82) is 0 Å². The Morgan fingerprint density at radius 3 is 2.63 bits per heavy atom. The molecule has 1 aromatic heterocycles. The Labute approximate surface area is 159 Å². The van der Waals surface area contributed by atoms with Crippen LogP contribution in [0, 0.1) is 0 Å². The molecular weight excluding hydrogens is 366 g/mol. The van der Waals surface area contributed by atoms with Crippen LogP contribution in [0.5, 0.6) is 0 Å². The summed E-state index contributed by atoms with van der Waals surface area (Å²) < 4.78 is 32.9. The molecule has 7 nitrogen and oxygen atoms in total. The van der Waals surface area contributed by atoms with E-state index in [4.69, 9.17) is 4.52 Å². The molecule has 0 bridgehead atoms. The lowest BCUT2D eigenvalue weighted by Crippen LogP contribution is -2.32. The van der Waals surface area contributed by atoms with E-state index in [1.165, 1.54) is 0 Å². The number of carbonyl (C=O) groups excluding carboxylic acids is 1. The Hall–Kier alpha value is -2.35. The maximum atomic E-state index is 12.5. The largest absolute Gasteiger partial charge is 0.361 e. The number of anilines is 2. The van der Waals surface area contributed by atoms with Crippen LogP contribution in [-0.2, 0) is 26.0 Å². The summed E-state index contributed by atoms with van der Waals surface area (Å²) in [5.74, 6) is 0.475. The van der Waals surface area contributed by atoms with Crippen LogP contribution in [-0.4, -0.2) is 26.5 Å². The lowest BCUT2D eigenvalue weighted by atomic mass is 9.91. The van der Waals surface area contributed by atoms with E-state index >= 15 is 0 Å². The van der Waals surface area contributed by atoms with Crippen molar-refractivity contribution in [3.63, 3.8) is 0 Å². The van der Waals surface area contributed by atoms with Gasteiger partial charge >= 0.3 is 0 Å². The average Bonchev–Trinajstić information content (AvgIpc) is 3.00. The molecule has 2 aromatic rings. The van der Waals surface area contributed by atoms with E-state index in [9.17, 15) is 13.2 Å². The van der Waals surface area contributed by atoms with E-state index in [1.807, 2.05) is 27.7 Å². The fraction of sp³-hybridized carbons (Fsp3) is 0.474. The quantitative estimate of drug-likeness (QED) is 0.862. The first kappa shape index (κ1) is 19.4. The maximum Gasteiger partial charge on any atom is 0.238 e. The average molecular weight is 391 g/mol. The molecule has 1 aliphatic heterocycles. The van der Waals surface area contributed by atoms with Crippen LogP contribution in [0.25, 0.3) is 0 Å². The highest BCUT2D eigenvalue weighted by molar-refractivity contribution is 7.91. The summed E-state index contributed by atoms with van der Waals surface area (Å²) in [6.45, 7) is 7.88. The SMILES string of the molecule is CC1CC(=O)N(C)c2ccc(NS(=O)(=O)Cc3cc(C(C)(C)C)on3)cc21. The molecule has 0 spiro atoms. The van der Waals surface area contributed by atoms with Crippen molar-refractivity contribution in [2.75, 3.05) is 16.7 Å². The molecule has 8 heteroatoms. The van der Waals surface area contributed by atoms with Crippen LogP contribution >= 0.6 is 0 Å². The highest BCUT2D eigenvalue weighted by Crippen LogP contribution is 2.36. The Morgan fingerprint density at radius 2 is 2.00 bits per heavy atom. The first-order chi connectivity index (χ1) is 12.5. The van der Waals surface area contributed by atoms with Crippen LogP contribution in [0.15, 0.2) is 28.8 Å². The van der Waals surface area contributed by atoms with Crippen molar-refractivity contribution in [3.05, 3.63) is 41.3 Å². The normalized spacial score (nSPS) is 17.7. The minimum absolute atomic E-state index is 0.0399. The highest BCUT2D eigenvalue weighted by Gasteiger charge is 2.27. The molecule has 1 unspecified atom stereocenters. The molecule has 3 rings (SSSR count). The molecule has 146 valence electrons. The number of amides is 1. The van der Waals surface area contributed by atoms with Crippen molar-refractivity contribution < 1.29 is 17.7 Å². The van der Waals surface area contributed by atoms with Gasteiger partial charge < -0.3 is 9.42 Å². The minimum atomic E-state index is -3.64. The number of rotatable bonds is 4. The van der Waals surface area contributed by atoms with Gasteiger partial charge in [-0.2, -0.15) is 0 Å². The van der Waals surface area contributed by atoms with Crippen LogP contribution < -0.4 is 9.62 Å². The van der Waals surface area contributed by atoms with Crippen molar-refractivity contribution >= 4 is 27.3 Å². The second-order valence-electron chi connectivity index (χ2n) is 8.13. The van der Waals surface area contributed by atoms with Gasteiger partial charge in [0.2, 0.25) is 15.9 Å². The second-order valence-corrected chi connectivity index (χ2v) is 9.85. The van der Waals surface area contributed by atoms with Gasteiger partial charge in [0.05, 0.1) is 0 Å². The predicted molar refractivity (Wildman–Crippen MR) is 104 cm³/mol. The van der Waals surface area contributed by atoms with Gasteiger partial charge in [-0.05, 0) is 29.7 Å². The standard InChI is InChI=1S/C19H25N3O4S/c1-12-8-18(23)22(5)16-7-6-13(9-15(12)16)21-27(24,25)11-14-10-17(26-20-14)19(2,3)4/h6-7,9-10,12,21H,8,11H2,1-5H3. The molecule has 1 amide bonds. The third-order valence-corrected chi connectivity index (χ3v) is 5.91. The van der Waals surface area contributed by atoms with Gasteiger partial charge in [-0.15, -0.1) is 0 Å². The van der Waals surface area contributed by atoms with Gasteiger partial charge in [-0.25, -0.2) is 8.42 Å². The number of nitrogens with one attached hydrogen (secondary N) is 1. The lowest BCUT2D eigenvalue weighted by Gasteiger charge is -2.30. The van der Waals surface area contributed by atoms with Gasteiger partial charge in [0.25, 0.3) is 0 Å². The number of aromatic nitrogens is 1. The van der Waals surface area contributed by atoms with Crippen molar-refractivity contribution in [3.8, 4) is 0 Å². The predicted octanol–water partition coefficient (Wildman–Crippen LogP) is 3.38. The molecule has 0 fully saturated rings. The number of fused-ring (bicyclic) bond motifs is 1. The summed E-state index contributed by atoms with van der Waals surface area (Å²) in [4.78, 5) is 13.6. The number of benzene rings is 1. The van der Waals surface area contributed by atoms with Gasteiger partial charge in [-0.3, -0.25) is 9.52 Å². The van der Waals surface area contributed by atoms with Crippen LogP contribution in [0.4, 0.5) is 11.4 Å². The molecule has 1 atom stereocenters. The molecule has 1 N–H and O–H groups in total. The maximum absolute atomic E-state index is 12.5. The van der Waals surface area contributed by atoms with Crippen molar-refractivity contribution in [2.24, 2.45) is 0 Å². The molecule has 1 aliphatic rings. The topological polar surface area (TPSA) is 92.5 Å². The zero-order valence-corrected chi connectivity index (χ0v) is 17.1. The Bertz CT molecular complexity index is 973. The number of hydrogen-bond acceptors (Lipinski definition) is 5. The van der Waals surface area contributed by atoms with Gasteiger partial charge in [0.15, 0.2) is 0 Å². The van der Waals surface area contributed by atoms with Gasteiger partial charge in [0.1, 0.15) is 17.2 Å². The summed E-state index contributed by atoms with van der Waals surface area (Å²) in [6.07, 6.45) is 0.411. The van der Waals surface area contributed by atoms with E-state index in [0.717, 1.165) is 11.3 Å². The summed E-state index contributed by atoms with van der Waals surface area (Å²) in [5, 5.41) is 3.87. The molecule has 1 aromatic carbocycles. The molecule has 0 radical (unpaired) electrons. The molecular formula is C19H25N3O4S. The molecule has 27 heavy (non-hydrogen) atoms. The lowest BCUT2D eigenvalue weighted by molar-refractivity contribution is -0.119. The third kappa shape index (κ3) is 4.16. The zero-order valence-electron chi connectivity index (χ0n) is 16.2. The van der Waals surface area contributed by atoms with E-state index in [1.54, 1.807) is 36.2 Å². The van der Waals surface area contributed by atoms with Gasteiger partial charge in [-0.1, -0.05) is 32.9 Å². The second kappa shape index (κ2) is 6.67. The van der Waals surface area contributed by atoms with Crippen LogP contribution in [0.1, 0.15) is 57.1 Å². The first-order valence-electron chi connectivity index (χ1n) is 8.83. The van der Waals surface area contributed by atoms with E-state index in [0.29, 0.717) is 23.6 Å². The summed E-state index contributed by atoms with van der Waals surface area (Å²) in [7, 11) is -1.91. The fourth-order valence-corrected chi connectivity index (χ4v) is 4.19. The molecule has 2 heterocycles. The van der Waals surface area contributed by atoms with Crippen molar-refractivity contribution in [2.45, 2.75) is 51.2 Å². The van der Waals surface area contributed by atoms with E-state index < -0.39 is 10.0 Å². The van der Waals surface area contributed by atoms with E-state index in [2.05, 4.69) is 9.88 Å². The van der Waals surface area contributed by atoms with E-state index in [-0.39, 0.29) is 23.0 Å². The molecule has 0 saturated heterocycles. The highest BCUT2D eigenvalue weighted by atomic mass is 32.2. The molecule has 0 aliphatic carbocycles.